The molecule has 0 N–H and O–H groups in total. The summed E-state index contributed by atoms with van der Waals surface area (Å²) in [5.41, 5.74) is 0.780. The molecule has 0 bridgehead atoms. The molecule has 50 valence electrons. The summed E-state index contributed by atoms with van der Waals surface area (Å²) < 4.78 is 0. The monoisotopic (exact) mass is 153 g/mol. The molecule has 0 aromatic carbocycles. The van der Waals surface area contributed by atoms with E-state index in [0.29, 0.717) is 5.15 Å². The predicted octanol–water partition coefficient (Wildman–Crippen LogP) is 1.99. The van der Waals surface area contributed by atoms with Crippen LogP contribution >= 0.6 is 11.6 Å². The number of halogens is 1. The summed E-state index contributed by atoms with van der Waals surface area (Å²) in [7, 11) is 0. The van der Waals surface area contributed by atoms with E-state index in [9.17, 15) is 0 Å². The van der Waals surface area contributed by atoms with Crippen molar-refractivity contribution >= 4 is 17.4 Å². The highest BCUT2D eigenvalue weighted by Crippen LogP contribution is 2.14. The Kier molecular flexibility index (Phi) is 1.83. The molecule has 0 saturated carbocycles. The highest BCUT2D eigenvalue weighted by atomic mass is 35.5. The third-order valence-corrected chi connectivity index (χ3v) is 1.40. The second kappa shape index (κ2) is 2.63. The summed E-state index contributed by atoms with van der Waals surface area (Å²) in [6, 6.07) is 1.60. The molecule has 1 rings (SSSR count). The van der Waals surface area contributed by atoms with Crippen LogP contribution in [0.25, 0.3) is 4.85 Å². The van der Waals surface area contributed by atoms with Gasteiger partial charge in [-0.05, 0) is 28.8 Å². The molecule has 1 aromatic rings. The summed E-state index contributed by atoms with van der Waals surface area (Å²) in [6.07, 6.45) is 0. The summed E-state index contributed by atoms with van der Waals surface area (Å²) in [4.78, 5) is 3.09. The molecule has 0 unspecified atom stereocenters. The predicted molar refractivity (Wildman–Crippen MR) is 38.0 cm³/mol. The Labute approximate surface area is 63.5 Å². The lowest BCUT2D eigenvalue weighted by atomic mass is 10.3. The van der Waals surface area contributed by atoms with E-state index in [1.807, 2.05) is 0 Å². The van der Waals surface area contributed by atoms with E-state index in [0.717, 1.165) is 5.56 Å². The first-order valence-electron chi connectivity index (χ1n) is 2.61. The molecule has 0 saturated heterocycles. The SMILES string of the molecule is [C-]#[N+]c1cc(C)c(Cl)nn1. The Morgan fingerprint density at radius 2 is 2.30 bits per heavy atom. The summed E-state index contributed by atoms with van der Waals surface area (Å²) >= 11 is 5.56. The van der Waals surface area contributed by atoms with Gasteiger partial charge in [-0.25, -0.2) is 0 Å². The van der Waals surface area contributed by atoms with Crippen LogP contribution in [0, 0.1) is 13.5 Å². The molecule has 0 amide bonds. The lowest BCUT2D eigenvalue weighted by molar-refractivity contribution is 1.03. The minimum atomic E-state index is 0.280. The van der Waals surface area contributed by atoms with Gasteiger partial charge in [0, 0.05) is 0 Å². The first kappa shape index (κ1) is 6.97. The summed E-state index contributed by atoms with van der Waals surface area (Å²) in [5, 5.41) is 7.43. The van der Waals surface area contributed by atoms with Crippen molar-refractivity contribution in [3.05, 3.63) is 28.2 Å². The third kappa shape index (κ3) is 1.23. The van der Waals surface area contributed by atoms with Gasteiger partial charge < -0.3 is 4.85 Å². The molecular formula is C6H4ClN3. The van der Waals surface area contributed by atoms with Crippen LogP contribution in [-0.2, 0) is 0 Å². The molecular weight excluding hydrogens is 150 g/mol. The van der Waals surface area contributed by atoms with E-state index in [4.69, 9.17) is 18.2 Å². The van der Waals surface area contributed by atoms with Crippen LogP contribution in [0.4, 0.5) is 5.82 Å². The molecule has 10 heavy (non-hydrogen) atoms. The van der Waals surface area contributed by atoms with Gasteiger partial charge in [0.05, 0.1) is 0 Å². The summed E-state index contributed by atoms with van der Waals surface area (Å²) in [6.45, 7) is 8.37. The van der Waals surface area contributed by atoms with E-state index in [1.165, 1.54) is 0 Å². The maximum atomic E-state index is 6.59. The van der Waals surface area contributed by atoms with Gasteiger partial charge in [0.1, 0.15) is 0 Å². The average molecular weight is 154 g/mol. The van der Waals surface area contributed by atoms with Gasteiger partial charge in [-0.2, -0.15) is 0 Å². The van der Waals surface area contributed by atoms with Crippen LogP contribution in [0.3, 0.4) is 0 Å². The number of hydrogen-bond acceptors (Lipinski definition) is 2. The van der Waals surface area contributed by atoms with Gasteiger partial charge in [-0.15, -0.1) is 0 Å². The van der Waals surface area contributed by atoms with Gasteiger partial charge in [0.25, 0.3) is 5.82 Å². The molecule has 0 fully saturated rings. The number of aryl methyl sites for hydroxylation is 1. The van der Waals surface area contributed by atoms with Crippen molar-refractivity contribution in [3.63, 3.8) is 0 Å². The highest BCUT2D eigenvalue weighted by molar-refractivity contribution is 6.30. The fourth-order valence-corrected chi connectivity index (χ4v) is 0.603. The Hall–Kier alpha value is -1.14. The zero-order valence-electron chi connectivity index (χ0n) is 5.30. The van der Waals surface area contributed by atoms with E-state index >= 15 is 0 Å². The van der Waals surface area contributed by atoms with Crippen molar-refractivity contribution in [2.24, 2.45) is 0 Å². The number of rotatable bonds is 0. The van der Waals surface area contributed by atoms with Crippen LogP contribution < -0.4 is 0 Å². The molecule has 1 aromatic heterocycles. The minimum absolute atomic E-state index is 0.280. The Morgan fingerprint density at radius 1 is 1.60 bits per heavy atom. The van der Waals surface area contributed by atoms with Gasteiger partial charge in [0.15, 0.2) is 5.15 Å². The smallest absolute Gasteiger partial charge is 0.296 e. The molecule has 0 aliphatic carbocycles. The molecule has 4 heteroatoms. The number of aromatic nitrogens is 2. The normalized spacial score (nSPS) is 8.90. The largest absolute Gasteiger partial charge is 0.359 e. The lowest BCUT2D eigenvalue weighted by Gasteiger charge is -1.90. The van der Waals surface area contributed by atoms with Gasteiger partial charge in [0.2, 0.25) is 0 Å². The first-order chi connectivity index (χ1) is 4.74. The quantitative estimate of drug-likeness (QED) is 0.534. The zero-order valence-corrected chi connectivity index (χ0v) is 6.05. The van der Waals surface area contributed by atoms with Crippen molar-refractivity contribution in [2.45, 2.75) is 6.92 Å². The third-order valence-electron chi connectivity index (χ3n) is 1.03. The highest BCUT2D eigenvalue weighted by Gasteiger charge is 1.99. The van der Waals surface area contributed by atoms with E-state index < -0.39 is 0 Å². The van der Waals surface area contributed by atoms with Gasteiger partial charge in [-0.3, -0.25) is 0 Å². The van der Waals surface area contributed by atoms with Crippen LogP contribution in [-0.4, -0.2) is 10.2 Å². The fraction of sp³-hybridized carbons (Fsp3) is 0.167. The topological polar surface area (TPSA) is 30.1 Å². The van der Waals surface area contributed by atoms with E-state index in [2.05, 4.69) is 15.0 Å². The van der Waals surface area contributed by atoms with Crippen LogP contribution in [0.15, 0.2) is 6.07 Å². The molecule has 0 atom stereocenters. The molecule has 0 aliphatic heterocycles. The second-order valence-corrected chi connectivity index (χ2v) is 2.15. The molecule has 3 nitrogen and oxygen atoms in total. The molecule has 0 radical (unpaired) electrons. The Morgan fingerprint density at radius 3 is 2.80 bits per heavy atom. The molecule has 1 heterocycles. The van der Waals surface area contributed by atoms with Crippen molar-refractivity contribution < 1.29 is 0 Å². The van der Waals surface area contributed by atoms with Crippen molar-refractivity contribution in [2.75, 3.05) is 0 Å². The van der Waals surface area contributed by atoms with Crippen molar-refractivity contribution in [1.29, 1.82) is 0 Å². The maximum absolute atomic E-state index is 6.59. The Bertz CT molecular complexity index is 290. The first-order valence-corrected chi connectivity index (χ1v) is 2.99. The van der Waals surface area contributed by atoms with Crippen molar-refractivity contribution in [1.82, 2.24) is 10.2 Å². The van der Waals surface area contributed by atoms with Crippen molar-refractivity contribution in [3.8, 4) is 0 Å². The molecule has 0 aliphatic rings. The maximum Gasteiger partial charge on any atom is 0.296 e. The lowest BCUT2D eigenvalue weighted by Crippen LogP contribution is -1.83. The van der Waals surface area contributed by atoms with Crippen LogP contribution in [0.5, 0.6) is 0 Å². The standard InChI is InChI=1S/C6H4ClN3/c1-4-3-5(8-2)9-10-6(4)7/h3H,1H3. The number of nitrogens with zero attached hydrogens (tertiary/aromatic N) is 3. The number of hydrogen-bond donors (Lipinski definition) is 0. The van der Waals surface area contributed by atoms with Crippen LogP contribution in [0.2, 0.25) is 5.15 Å². The second-order valence-electron chi connectivity index (χ2n) is 1.79. The fourth-order valence-electron chi connectivity index (χ4n) is 0.511. The van der Waals surface area contributed by atoms with E-state index in [1.54, 1.807) is 13.0 Å². The van der Waals surface area contributed by atoms with Gasteiger partial charge >= 0.3 is 0 Å². The van der Waals surface area contributed by atoms with E-state index in [-0.39, 0.29) is 5.82 Å². The average Bonchev–Trinajstić information content (AvgIpc) is 1.95. The minimum Gasteiger partial charge on any atom is -0.359 e. The zero-order chi connectivity index (χ0) is 7.56. The Balaban J connectivity index is 3.20. The van der Waals surface area contributed by atoms with Gasteiger partial charge in [-0.1, -0.05) is 18.2 Å². The summed E-state index contributed by atoms with van der Waals surface area (Å²) in [5.74, 6) is 0.280. The van der Waals surface area contributed by atoms with Crippen LogP contribution in [0.1, 0.15) is 5.56 Å². The molecule has 0 spiro atoms.